The monoisotopic (exact) mass is 284 g/mol. The summed E-state index contributed by atoms with van der Waals surface area (Å²) in [7, 11) is -2.01. The topological polar surface area (TPSA) is 108 Å². The molecule has 0 aliphatic heterocycles. The molecule has 0 radical (unpaired) electrons. The van der Waals surface area contributed by atoms with Crippen molar-refractivity contribution in [2.24, 2.45) is 7.05 Å². The number of hydrogen-bond acceptors (Lipinski definition) is 5. The first kappa shape index (κ1) is 13.6. The summed E-state index contributed by atoms with van der Waals surface area (Å²) < 4.78 is 29.9. The van der Waals surface area contributed by atoms with Gasteiger partial charge in [0.1, 0.15) is 4.90 Å². The Labute approximate surface area is 111 Å². The Morgan fingerprint density at radius 2 is 2.21 bits per heavy atom. The number of nitrogen functional groups attached to an aromatic ring is 1. The summed E-state index contributed by atoms with van der Waals surface area (Å²) in [5, 5.41) is 7.88. The second-order valence-electron chi connectivity index (χ2n) is 4.09. The number of hydrogen-bond donors (Lipinski definition) is 2. The lowest BCUT2D eigenvalue weighted by Crippen LogP contribution is -2.28. The number of nitrogens with two attached hydrogens (primary N) is 1. The Bertz CT molecular complexity index is 659. The van der Waals surface area contributed by atoms with Gasteiger partial charge in [-0.1, -0.05) is 0 Å². The molecule has 0 bridgehead atoms. The van der Waals surface area contributed by atoms with E-state index in [0.29, 0.717) is 12.2 Å². The first-order valence-electron chi connectivity index (χ1n) is 5.68. The molecule has 0 fully saturated rings. The van der Waals surface area contributed by atoms with E-state index in [9.17, 15) is 8.42 Å². The molecule has 2 aromatic rings. The van der Waals surface area contributed by atoms with Gasteiger partial charge in [0.25, 0.3) is 0 Å². The van der Waals surface area contributed by atoms with Crippen molar-refractivity contribution in [1.82, 2.24) is 24.3 Å². The van der Waals surface area contributed by atoms with Crippen molar-refractivity contribution < 1.29 is 8.42 Å². The molecule has 2 heterocycles. The molecule has 3 N–H and O–H groups in total. The normalized spacial score (nSPS) is 11.9. The average molecular weight is 284 g/mol. The highest BCUT2D eigenvalue weighted by molar-refractivity contribution is 7.89. The third kappa shape index (κ3) is 2.76. The molecule has 0 saturated carbocycles. The van der Waals surface area contributed by atoms with Gasteiger partial charge in [-0.05, 0) is 13.0 Å². The second kappa shape index (κ2) is 5.02. The predicted octanol–water partition coefficient (Wildman–Crippen LogP) is -0.514. The number of nitrogens with one attached hydrogen (secondary N) is 1. The molecular weight excluding hydrogens is 268 g/mol. The molecule has 0 aliphatic rings. The van der Waals surface area contributed by atoms with Crippen LogP contribution in [0, 0.1) is 6.92 Å². The van der Waals surface area contributed by atoms with Crippen molar-refractivity contribution in [3.8, 4) is 0 Å². The third-order valence-corrected chi connectivity index (χ3v) is 4.39. The first-order valence-corrected chi connectivity index (χ1v) is 7.16. The van der Waals surface area contributed by atoms with Crippen LogP contribution in [0.5, 0.6) is 0 Å². The summed E-state index contributed by atoms with van der Waals surface area (Å²) in [6.45, 7) is 2.34. The van der Waals surface area contributed by atoms with Crippen molar-refractivity contribution in [3.05, 3.63) is 24.2 Å². The molecule has 104 valence electrons. The number of aromatic nitrogens is 4. The van der Waals surface area contributed by atoms with Gasteiger partial charge in [0.15, 0.2) is 5.82 Å². The van der Waals surface area contributed by atoms with Gasteiger partial charge in [0.2, 0.25) is 10.0 Å². The number of sulfonamides is 1. The van der Waals surface area contributed by atoms with Crippen LogP contribution in [0.15, 0.2) is 23.4 Å². The highest BCUT2D eigenvalue weighted by Crippen LogP contribution is 2.20. The lowest BCUT2D eigenvalue weighted by molar-refractivity contribution is 0.560. The molecule has 0 saturated heterocycles. The van der Waals surface area contributed by atoms with Crippen LogP contribution < -0.4 is 10.5 Å². The van der Waals surface area contributed by atoms with Gasteiger partial charge in [-0.25, -0.2) is 13.1 Å². The zero-order chi connectivity index (χ0) is 14.0. The number of rotatable bonds is 5. The number of aryl methyl sites for hydroxylation is 1. The Kier molecular flexibility index (Phi) is 3.58. The molecule has 9 heteroatoms. The summed E-state index contributed by atoms with van der Waals surface area (Å²) in [6.07, 6.45) is 3.40. The summed E-state index contributed by atoms with van der Waals surface area (Å²) in [4.78, 5) is 0.0375. The lowest BCUT2D eigenvalue weighted by atomic mass is 10.5. The molecule has 0 spiro atoms. The average Bonchev–Trinajstić information content (AvgIpc) is 2.88. The van der Waals surface area contributed by atoms with Gasteiger partial charge in [0.05, 0.1) is 12.2 Å². The minimum Gasteiger partial charge on any atom is -0.381 e. The van der Waals surface area contributed by atoms with Crippen LogP contribution >= 0.6 is 0 Å². The van der Waals surface area contributed by atoms with Crippen LogP contribution in [-0.4, -0.2) is 34.5 Å². The molecule has 0 aliphatic carbocycles. The standard InChI is InChI=1S/C10H16N6O2S/c1-8-9(10(11)14-15(8)2)19(17,18)13-5-7-16-6-3-4-12-16/h3-4,6,13H,5,7H2,1-2H3,(H2,11,14). The summed E-state index contributed by atoms with van der Waals surface area (Å²) in [6, 6.07) is 1.78. The smallest absolute Gasteiger partial charge is 0.246 e. The van der Waals surface area contributed by atoms with E-state index in [2.05, 4.69) is 14.9 Å². The molecule has 19 heavy (non-hydrogen) atoms. The van der Waals surface area contributed by atoms with E-state index in [0.717, 1.165) is 0 Å². The maximum atomic E-state index is 12.1. The van der Waals surface area contributed by atoms with Crippen LogP contribution in [0.1, 0.15) is 5.69 Å². The Hall–Kier alpha value is -1.87. The Balaban J connectivity index is 2.10. The van der Waals surface area contributed by atoms with E-state index in [1.54, 1.807) is 37.1 Å². The highest BCUT2D eigenvalue weighted by Gasteiger charge is 2.23. The van der Waals surface area contributed by atoms with Crippen LogP contribution in [0.3, 0.4) is 0 Å². The van der Waals surface area contributed by atoms with Gasteiger partial charge < -0.3 is 5.73 Å². The van der Waals surface area contributed by atoms with E-state index in [1.165, 1.54) is 4.68 Å². The summed E-state index contributed by atoms with van der Waals surface area (Å²) >= 11 is 0. The van der Waals surface area contributed by atoms with Crippen LogP contribution in [-0.2, 0) is 23.6 Å². The van der Waals surface area contributed by atoms with Crippen LogP contribution in [0.25, 0.3) is 0 Å². The van der Waals surface area contributed by atoms with Gasteiger partial charge in [-0.2, -0.15) is 10.2 Å². The zero-order valence-corrected chi connectivity index (χ0v) is 11.6. The quantitative estimate of drug-likeness (QED) is 0.768. The number of anilines is 1. The first-order chi connectivity index (χ1) is 8.92. The van der Waals surface area contributed by atoms with Crippen molar-refractivity contribution in [3.63, 3.8) is 0 Å². The SMILES string of the molecule is Cc1c(S(=O)(=O)NCCn2cccn2)c(N)nn1C. The Morgan fingerprint density at radius 1 is 1.47 bits per heavy atom. The van der Waals surface area contributed by atoms with Gasteiger partial charge in [-0.3, -0.25) is 9.36 Å². The van der Waals surface area contributed by atoms with E-state index in [-0.39, 0.29) is 17.3 Å². The summed E-state index contributed by atoms with van der Waals surface area (Å²) in [5.41, 5.74) is 6.13. The molecule has 2 aromatic heterocycles. The van der Waals surface area contributed by atoms with Crippen molar-refractivity contribution in [2.75, 3.05) is 12.3 Å². The fourth-order valence-corrected chi connectivity index (χ4v) is 3.09. The fourth-order valence-electron chi connectivity index (χ4n) is 1.75. The van der Waals surface area contributed by atoms with E-state index < -0.39 is 10.0 Å². The minimum absolute atomic E-state index is 0.00610. The van der Waals surface area contributed by atoms with Gasteiger partial charge in [-0.15, -0.1) is 0 Å². The maximum Gasteiger partial charge on any atom is 0.246 e. The molecule has 2 rings (SSSR count). The van der Waals surface area contributed by atoms with Gasteiger partial charge >= 0.3 is 0 Å². The lowest BCUT2D eigenvalue weighted by Gasteiger charge is -2.07. The van der Waals surface area contributed by atoms with Crippen molar-refractivity contribution in [2.45, 2.75) is 18.4 Å². The van der Waals surface area contributed by atoms with Crippen LogP contribution in [0.4, 0.5) is 5.82 Å². The van der Waals surface area contributed by atoms with E-state index >= 15 is 0 Å². The van der Waals surface area contributed by atoms with Crippen LogP contribution in [0.2, 0.25) is 0 Å². The molecule has 0 unspecified atom stereocenters. The second-order valence-corrected chi connectivity index (χ2v) is 5.79. The predicted molar refractivity (Wildman–Crippen MR) is 69.8 cm³/mol. The molecule has 0 atom stereocenters. The number of nitrogens with zero attached hydrogens (tertiary/aromatic N) is 4. The van der Waals surface area contributed by atoms with Crippen molar-refractivity contribution in [1.29, 1.82) is 0 Å². The third-order valence-electron chi connectivity index (χ3n) is 2.77. The van der Waals surface area contributed by atoms with Crippen molar-refractivity contribution >= 4 is 15.8 Å². The molecule has 8 nitrogen and oxygen atoms in total. The largest absolute Gasteiger partial charge is 0.381 e. The molecule has 0 aromatic carbocycles. The maximum absolute atomic E-state index is 12.1. The zero-order valence-electron chi connectivity index (χ0n) is 10.7. The van der Waals surface area contributed by atoms with E-state index in [4.69, 9.17) is 5.73 Å². The summed E-state index contributed by atoms with van der Waals surface area (Å²) in [5.74, 6) is 0.00610. The van der Waals surface area contributed by atoms with E-state index in [1.807, 2.05) is 0 Å². The molecule has 0 amide bonds. The fraction of sp³-hybridized carbons (Fsp3) is 0.400. The highest BCUT2D eigenvalue weighted by atomic mass is 32.2. The minimum atomic E-state index is -3.65. The Morgan fingerprint density at radius 3 is 2.74 bits per heavy atom. The van der Waals surface area contributed by atoms with Gasteiger partial charge in [0, 0.05) is 26.0 Å². The molecular formula is C10H16N6O2S.